The van der Waals surface area contributed by atoms with Crippen LogP contribution in [0.1, 0.15) is 0 Å². The van der Waals surface area contributed by atoms with E-state index >= 15 is 0 Å². The van der Waals surface area contributed by atoms with E-state index in [1.165, 1.54) is 15.6 Å². The van der Waals surface area contributed by atoms with Crippen LogP contribution in [0.5, 0.6) is 0 Å². The van der Waals surface area contributed by atoms with Crippen LogP contribution in [-0.2, 0) is 10.0 Å². The van der Waals surface area contributed by atoms with Crippen LogP contribution in [0, 0.1) is 0 Å². The standard InChI is InChI=1S/C14H19N5O2S2/c1-17(2)12-5-6-13(16-15-12)18-7-9-19(10-8-18)23(20,21)14-4-3-11-22-14/h3-6,11H,7-10H2,1-2H3. The lowest BCUT2D eigenvalue weighted by molar-refractivity contribution is 0.384. The van der Waals surface area contributed by atoms with Gasteiger partial charge in [0.2, 0.25) is 0 Å². The highest BCUT2D eigenvalue weighted by atomic mass is 32.2. The molecular formula is C14H19N5O2S2. The fourth-order valence-electron chi connectivity index (χ4n) is 2.42. The largest absolute Gasteiger partial charge is 0.361 e. The lowest BCUT2D eigenvalue weighted by Gasteiger charge is -2.34. The Morgan fingerprint density at radius 3 is 2.35 bits per heavy atom. The Labute approximate surface area is 140 Å². The van der Waals surface area contributed by atoms with Crippen molar-refractivity contribution in [3.8, 4) is 0 Å². The second-order valence-corrected chi connectivity index (χ2v) is 8.58. The van der Waals surface area contributed by atoms with Crippen molar-refractivity contribution in [1.29, 1.82) is 0 Å². The summed E-state index contributed by atoms with van der Waals surface area (Å²) in [6.45, 7) is 2.13. The first-order chi connectivity index (χ1) is 11.0. The lowest BCUT2D eigenvalue weighted by atomic mass is 10.3. The first kappa shape index (κ1) is 16.2. The van der Waals surface area contributed by atoms with Crippen LogP contribution >= 0.6 is 11.3 Å². The van der Waals surface area contributed by atoms with Gasteiger partial charge in [0.25, 0.3) is 10.0 Å². The average molecular weight is 353 g/mol. The van der Waals surface area contributed by atoms with Crippen molar-refractivity contribution in [2.75, 3.05) is 50.1 Å². The van der Waals surface area contributed by atoms with E-state index in [1.54, 1.807) is 17.5 Å². The number of rotatable bonds is 4. The van der Waals surface area contributed by atoms with E-state index in [9.17, 15) is 8.42 Å². The molecule has 0 bridgehead atoms. The third-order valence-electron chi connectivity index (χ3n) is 3.75. The van der Waals surface area contributed by atoms with E-state index in [4.69, 9.17) is 0 Å². The monoisotopic (exact) mass is 353 g/mol. The molecule has 7 nitrogen and oxygen atoms in total. The van der Waals surface area contributed by atoms with Crippen LogP contribution in [0.25, 0.3) is 0 Å². The summed E-state index contributed by atoms with van der Waals surface area (Å²) < 4.78 is 26.9. The van der Waals surface area contributed by atoms with E-state index in [-0.39, 0.29) is 0 Å². The summed E-state index contributed by atoms with van der Waals surface area (Å²) in [5.74, 6) is 1.58. The van der Waals surface area contributed by atoms with Crippen molar-refractivity contribution in [1.82, 2.24) is 14.5 Å². The molecule has 0 amide bonds. The van der Waals surface area contributed by atoms with E-state index in [2.05, 4.69) is 15.1 Å². The molecule has 1 fully saturated rings. The minimum absolute atomic E-state index is 0.404. The van der Waals surface area contributed by atoms with Crippen molar-refractivity contribution >= 4 is 33.0 Å². The summed E-state index contributed by atoms with van der Waals surface area (Å²) in [6.07, 6.45) is 0. The van der Waals surface area contributed by atoms with Gasteiger partial charge >= 0.3 is 0 Å². The first-order valence-corrected chi connectivity index (χ1v) is 9.60. The molecule has 9 heteroatoms. The normalized spacial score (nSPS) is 16.5. The fourth-order valence-corrected chi connectivity index (χ4v) is 4.99. The van der Waals surface area contributed by atoms with Crippen molar-refractivity contribution in [2.24, 2.45) is 0 Å². The Bertz CT molecular complexity index is 736. The van der Waals surface area contributed by atoms with E-state index in [0.717, 1.165) is 11.6 Å². The molecule has 0 N–H and O–H groups in total. The van der Waals surface area contributed by atoms with Gasteiger partial charge in [-0.15, -0.1) is 21.5 Å². The maximum atomic E-state index is 12.5. The minimum atomic E-state index is -3.36. The molecule has 0 unspecified atom stereocenters. The number of nitrogens with zero attached hydrogens (tertiary/aromatic N) is 5. The number of thiophene rings is 1. The Morgan fingerprint density at radius 2 is 1.83 bits per heavy atom. The summed E-state index contributed by atoms with van der Waals surface area (Å²) in [7, 11) is 0.469. The molecule has 0 atom stereocenters. The molecule has 23 heavy (non-hydrogen) atoms. The molecule has 1 saturated heterocycles. The molecule has 0 saturated carbocycles. The molecule has 2 aromatic heterocycles. The summed E-state index contributed by atoms with van der Waals surface area (Å²) >= 11 is 1.25. The zero-order chi connectivity index (χ0) is 16.4. The average Bonchev–Trinajstić information content (AvgIpc) is 3.10. The zero-order valence-corrected chi connectivity index (χ0v) is 14.7. The molecule has 3 heterocycles. The van der Waals surface area contributed by atoms with Gasteiger partial charge in [-0.2, -0.15) is 4.31 Å². The highest BCUT2D eigenvalue weighted by Crippen LogP contribution is 2.23. The number of aromatic nitrogens is 2. The summed E-state index contributed by atoms with van der Waals surface area (Å²) in [6, 6.07) is 7.25. The molecule has 0 spiro atoms. The van der Waals surface area contributed by atoms with Crippen molar-refractivity contribution < 1.29 is 8.42 Å². The topological polar surface area (TPSA) is 69.6 Å². The second-order valence-electron chi connectivity index (χ2n) is 5.47. The molecule has 3 rings (SSSR count). The van der Waals surface area contributed by atoms with Crippen molar-refractivity contribution in [2.45, 2.75) is 4.21 Å². The molecule has 124 valence electrons. The highest BCUT2D eigenvalue weighted by Gasteiger charge is 2.29. The van der Waals surface area contributed by atoms with Gasteiger partial charge < -0.3 is 9.80 Å². The van der Waals surface area contributed by atoms with Crippen molar-refractivity contribution in [3.63, 3.8) is 0 Å². The SMILES string of the molecule is CN(C)c1ccc(N2CCN(S(=O)(=O)c3cccs3)CC2)nn1. The number of anilines is 2. The Kier molecular flexibility index (Phi) is 4.51. The molecule has 1 aliphatic heterocycles. The summed E-state index contributed by atoms with van der Waals surface area (Å²) in [5, 5.41) is 10.2. The van der Waals surface area contributed by atoms with Crippen LogP contribution in [0.4, 0.5) is 11.6 Å². The molecular weight excluding hydrogens is 334 g/mol. The number of piperazine rings is 1. The predicted octanol–water partition coefficient (Wildman–Crippen LogP) is 1.11. The van der Waals surface area contributed by atoms with E-state index < -0.39 is 10.0 Å². The van der Waals surface area contributed by atoms with E-state index in [0.29, 0.717) is 30.4 Å². The summed E-state index contributed by atoms with van der Waals surface area (Å²) in [5.41, 5.74) is 0. The minimum Gasteiger partial charge on any atom is -0.361 e. The smallest absolute Gasteiger partial charge is 0.252 e. The third-order valence-corrected chi connectivity index (χ3v) is 7.02. The Balaban J connectivity index is 1.66. The zero-order valence-electron chi connectivity index (χ0n) is 13.1. The Morgan fingerprint density at radius 1 is 1.09 bits per heavy atom. The highest BCUT2D eigenvalue weighted by molar-refractivity contribution is 7.91. The van der Waals surface area contributed by atoms with Gasteiger partial charge in [-0.1, -0.05) is 6.07 Å². The Hall–Kier alpha value is -1.71. The summed E-state index contributed by atoms with van der Waals surface area (Å²) in [4.78, 5) is 3.95. The fraction of sp³-hybridized carbons (Fsp3) is 0.429. The molecule has 0 radical (unpaired) electrons. The van der Waals surface area contributed by atoms with Gasteiger partial charge in [-0.3, -0.25) is 0 Å². The lowest BCUT2D eigenvalue weighted by Crippen LogP contribution is -2.48. The van der Waals surface area contributed by atoms with Crippen LogP contribution in [-0.4, -0.2) is 63.2 Å². The first-order valence-electron chi connectivity index (χ1n) is 7.28. The van der Waals surface area contributed by atoms with Crippen molar-refractivity contribution in [3.05, 3.63) is 29.6 Å². The molecule has 1 aliphatic rings. The molecule has 2 aromatic rings. The number of hydrogen-bond acceptors (Lipinski definition) is 7. The van der Waals surface area contributed by atoms with Gasteiger partial charge in [-0.25, -0.2) is 8.42 Å². The quantitative estimate of drug-likeness (QED) is 0.820. The maximum absolute atomic E-state index is 12.5. The van der Waals surface area contributed by atoms with Crippen LogP contribution in [0.3, 0.4) is 0 Å². The van der Waals surface area contributed by atoms with Crippen LogP contribution in [0.15, 0.2) is 33.9 Å². The van der Waals surface area contributed by atoms with Crippen LogP contribution < -0.4 is 9.80 Å². The van der Waals surface area contributed by atoms with Gasteiger partial charge in [0.15, 0.2) is 11.6 Å². The van der Waals surface area contributed by atoms with Crippen LogP contribution in [0.2, 0.25) is 0 Å². The van der Waals surface area contributed by atoms with Gasteiger partial charge in [0.1, 0.15) is 4.21 Å². The van der Waals surface area contributed by atoms with Gasteiger partial charge in [0, 0.05) is 40.3 Å². The predicted molar refractivity (Wildman–Crippen MR) is 91.6 cm³/mol. The third kappa shape index (κ3) is 3.31. The molecule has 0 aliphatic carbocycles. The van der Waals surface area contributed by atoms with E-state index in [1.807, 2.05) is 31.1 Å². The maximum Gasteiger partial charge on any atom is 0.252 e. The number of sulfonamides is 1. The van der Waals surface area contributed by atoms with Gasteiger partial charge in [-0.05, 0) is 23.6 Å². The van der Waals surface area contributed by atoms with Gasteiger partial charge in [0.05, 0.1) is 0 Å². The number of hydrogen-bond donors (Lipinski definition) is 0. The second kappa shape index (κ2) is 6.42. The molecule has 0 aromatic carbocycles.